The molecular weight excluding hydrogens is 286 g/mol. The number of hydrogen-bond acceptors (Lipinski definition) is 3. The van der Waals surface area contributed by atoms with E-state index in [1.54, 1.807) is 18.2 Å². The van der Waals surface area contributed by atoms with Gasteiger partial charge in [0.25, 0.3) is 5.56 Å². The lowest BCUT2D eigenvalue weighted by atomic mass is 10.1. The molecule has 1 heterocycles. The highest BCUT2D eigenvalue weighted by atomic mass is 16.1. The maximum Gasteiger partial charge on any atom is 0.267 e. The molecule has 0 fully saturated rings. The van der Waals surface area contributed by atoms with Crippen LogP contribution in [0.15, 0.2) is 65.5 Å². The van der Waals surface area contributed by atoms with Crippen molar-refractivity contribution < 1.29 is 0 Å². The molecule has 0 saturated heterocycles. The molecule has 0 radical (unpaired) electrons. The van der Waals surface area contributed by atoms with Crippen LogP contribution in [0.3, 0.4) is 0 Å². The quantitative estimate of drug-likeness (QED) is 0.746. The van der Waals surface area contributed by atoms with Crippen molar-refractivity contribution in [1.29, 1.82) is 5.26 Å². The van der Waals surface area contributed by atoms with Crippen molar-refractivity contribution in [2.24, 2.45) is 0 Å². The van der Waals surface area contributed by atoms with Crippen LogP contribution in [0.4, 0.5) is 0 Å². The van der Waals surface area contributed by atoms with E-state index in [9.17, 15) is 4.79 Å². The first kappa shape index (κ1) is 14.7. The van der Waals surface area contributed by atoms with E-state index in [1.807, 2.05) is 43.3 Å². The van der Waals surface area contributed by atoms with E-state index in [4.69, 9.17) is 5.26 Å². The van der Waals surface area contributed by atoms with E-state index in [1.165, 1.54) is 10.7 Å². The molecule has 0 unspecified atom stereocenters. The first-order valence-electron chi connectivity index (χ1n) is 7.30. The summed E-state index contributed by atoms with van der Waals surface area (Å²) >= 11 is 0. The van der Waals surface area contributed by atoms with E-state index < -0.39 is 0 Å². The molecule has 0 spiro atoms. The van der Waals surface area contributed by atoms with Crippen LogP contribution in [-0.2, 0) is 6.54 Å². The summed E-state index contributed by atoms with van der Waals surface area (Å²) in [5.74, 6) is 0. The first-order chi connectivity index (χ1) is 11.2. The van der Waals surface area contributed by atoms with Crippen molar-refractivity contribution in [3.8, 4) is 17.3 Å². The van der Waals surface area contributed by atoms with Crippen molar-refractivity contribution >= 4 is 0 Å². The van der Waals surface area contributed by atoms with Gasteiger partial charge in [0.2, 0.25) is 0 Å². The van der Waals surface area contributed by atoms with Crippen molar-refractivity contribution in [1.82, 2.24) is 9.78 Å². The third-order valence-electron chi connectivity index (χ3n) is 3.57. The van der Waals surface area contributed by atoms with E-state index in [0.717, 1.165) is 16.7 Å². The number of nitrogens with zero attached hydrogens (tertiary/aromatic N) is 3. The Balaban J connectivity index is 1.99. The molecule has 23 heavy (non-hydrogen) atoms. The lowest BCUT2D eigenvalue weighted by Crippen LogP contribution is -2.22. The largest absolute Gasteiger partial charge is 0.268 e. The molecule has 0 N–H and O–H groups in total. The number of rotatable bonds is 3. The van der Waals surface area contributed by atoms with E-state index in [0.29, 0.717) is 17.8 Å². The van der Waals surface area contributed by atoms with Crippen molar-refractivity contribution in [2.45, 2.75) is 13.5 Å². The van der Waals surface area contributed by atoms with Crippen LogP contribution in [0.25, 0.3) is 11.3 Å². The zero-order valence-electron chi connectivity index (χ0n) is 12.7. The van der Waals surface area contributed by atoms with Gasteiger partial charge in [0, 0.05) is 11.6 Å². The first-order valence-corrected chi connectivity index (χ1v) is 7.30. The molecule has 0 amide bonds. The summed E-state index contributed by atoms with van der Waals surface area (Å²) in [6, 6.07) is 20.5. The smallest absolute Gasteiger partial charge is 0.267 e. The monoisotopic (exact) mass is 301 g/mol. The SMILES string of the molecule is Cc1cccc(Cn2nc(-c3cccc(C#N)c3)ccc2=O)c1. The number of aryl methyl sites for hydroxylation is 1. The molecule has 1 aromatic heterocycles. The minimum absolute atomic E-state index is 0.147. The molecule has 112 valence electrons. The second-order valence-electron chi connectivity index (χ2n) is 5.40. The summed E-state index contributed by atoms with van der Waals surface area (Å²) in [6.45, 7) is 2.44. The van der Waals surface area contributed by atoms with Crippen LogP contribution in [0.5, 0.6) is 0 Å². The molecule has 2 aromatic carbocycles. The van der Waals surface area contributed by atoms with Gasteiger partial charge in [0.05, 0.1) is 23.9 Å². The Morgan fingerprint density at radius 3 is 2.70 bits per heavy atom. The summed E-state index contributed by atoms with van der Waals surface area (Å²) in [5, 5.41) is 13.4. The van der Waals surface area contributed by atoms with Gasteiger partial charge in [-0.1, -0.05) is 42.0 Å². The standard InChI is InChI=1S/C19H15N3O/c1-14-4-2-6-16(10-14)13-22-19(23)9-8-18(21-22)17-7-3-5-15(11-17)12-20/h2-11H,13H2,1H3. The molecule has 0 bridgehead atoms. The topological polar surface area (TPSA) is 58.7 Å². The highest BCUT2D eigenvalue weighted by molar-refractivity contribution is 5.60. The van der Waals surface area contributed by atoms with Gasteiger partial charge >= 0.3 is 0 Å². The lowest BCUT2D eigenvalue weighted by molar-refractivity contribution is 0.642. The summed E-state index contributed by atoms with van der Waals surface area (Å²) in [7, 11) is 0. The Bertz CT molecular complexity index is 951. The minimum atomic E-state index is -0.147. The lowest BCUT2D eigenvalue weighted by Gasteiger charge is -2.08. The van der Waals surface area contributed by atoms with Crippen molar-refractivity contribution in [3.05, 3.63) is 87.7 Å². The van der Waals surface area contributed by atoms with E-state index in [-0.39, 0.29) is 5.56 Å². The van der Waals surface area contributed by atoms with Gasteiger partial charge in [-0.2, -0.15) is 10.4 Å². The number of hydrogen-bond donors (Lipinski definition) is 0. The predicted molar refractivity (Wildman–Crippen MR) is 88.9 cm³/mol. The van der Waals surface area contributed by atoms with Crippen LogP contribution >= 0.6 is 0 Å². The Morgan fingerprint density at radius 2 is 1.91 bits per heavy atom. The Hall–Kier alpha value is -3.19. The van der Waals surface area contributed by atoms with Crippen molar-refractivity contribution in [3.63, 3.8) is 0 Å². The Kier molecular flexibility index (Phi) is 4.03. The predicted octanol–water partition coefficient (Wildman–Crippen LogP) is 3.14. The molecule has 3 aromatic rings. The fraction of sp³-hybridized carbons (Fsp3) is 0.105. The third kappa shape index (κ3) is 3.35. The summed E-state index contributed by atoms with van der Waals surface area (Å²) < 4.78 is 1.45. The molecular formula is C19H15N3O. The fourth-order valence-corrected chi connectivity index (χ4v) is 2.45. The van der Waals surface area contributed by atoms with Crippen LogP contribution in [0, 0.1) is 18.3 Å². The van der Waals surface area contributed by atoms with Gasteiger partial charge in [-0.25, -0.2) is 4.68 Å². The van der Waals surface area contributed by atoms with E-state index in [2.05, 4.69) is 11.2 Å². The van der Waals surface area contributed by atoms with Gasteiger partial charge in [0.15, 0.2) is 0 Å². The highest BCUT2D eigenvalue weighted by Crippen LogP contribution is 2.17. The number of nitriles is 1. The maximum absolute atomic E-state index is 12.1. The average molecular weight is 301 g/mol. The summed E-state index contributed by atoms with van der Waals surface area (Å²) in [6.07, 6.45) is 0. The van der Waals surface area contributed by atoms with Crippen molar-refractivity contribution in [2.75, 3.05) is 0 Å². The van der Waals surface area contributed by atoms with Gasteiger partial charge in [-0.15, -0.1) is 0 Å². The molecule has 4 nitrogen and oxygen atoms in total. The number of benzene rings is 2. The number of aromatic nitrogens is 2. The summed E-state index contributed by atoms with van der Waals surface area (Å²) in [4.78, 5) is 12.1. The molecule has 0 saturated carbocycles. The highest BCUT2D eigenvalue weighted by Gasteiger charge is 2.05. The summed E-state index contributed by atoms with van der Waals surface area (Å²) in [5.41, 5.74) is 4.10. The van der Waals surface area contributed by atoms with Crippen LogP contribution < -0.4 is 5.56 Å². The van der Waals surface area contributed by atoms with Crippen LogP contribution in [0.1, 0.15) is 16.7 Å². The van der Waals surface area contributed by atoms with Crippen LogP contribution in [-0.4, -0.2) is 9.78 Å². The molecule has 0 atom stereocenters. The van der Waals surface area contributed by atoms with Gasteiger partial charge < -0.3 is 0 Å². The third-order valence-corrected chi connectivity index (χ3v) is 3.57. The average Bonchev–Trinajstić information content (AvgIpc) is 2.57. The Morgan fingerprint density at radius 1 is 1.09 bits per heavy atom. The molecule has 0 aliphatic carbocycles. The molecule has 0 aliphatic rings. The maximum atomic E-state index is 12.1. The molecule has 3 rings (SSSR count). The zero-order valence-corrected chi connectivity index (χ0v) is 12.7. The van der Waals surface area contributed by atoms with E-state index >= 15 is 0 Å². The van der Waals surface area contributed by atoms with Gasteiger partial charge in [-0.05, 0) is 30.7 Å². The van der Waals surface area contributed by atoms with Crippen LogP contribution in [0.2, 0.25) is 0 Å². The Labute approximate surface area is 134 Å². The van der Waals surface area contributed by atoms with Gasteiger partial charge in [-0.3, -0.25) is 4.79 Å². The minimum Gasteiger partial charge on any atom is -0.268 e. The molecule has 4 heteroatoms. The second kappa shape index (κ2) is 6.29. The fourth-order valence-electron chi connectivity index (χ4n) is 2.45. The zero-order chi connectivity index (χ0) is 16.2. The second-order valence-corrected chi connectivity index (χ2v) is 5.40. The normalized spacial score (nSPS) is 10.3. The van der Waals surface area contributed by atoms with Gasteiger partial charge in [0.1, 0.15) is 0 Å². The molecule has 0 aliphatic heterocycles.